The van der Waals surface area contributed by atoms with Crippen molar-refractivity contribution in [3.8, 4) is 0 Å². The summed E-state index contributed by atoms with van der Waals surface area (Å²) in [6.45, 7) is 1.49. The molecule has 1 amide bonds. The standard InChI is InChI=1S/C24H29F2N5O8S/c1-2-7-40-23-28-21(27-15-10-17(39-6-5-32)20(34)19(15)33)18(31(37)38)22(29-23)30(24(35)36)16-9-12(16)11-3-4-13(25)14(26)8-11/h3-4,8,12,15-17,19-20,32-34H,2,5-7,9-10H2,1H3,(H,35,36)(H,27,28,29)/t12-,15+,16+,17-,19-,20+/m0/s1. The van der Waals surface area contributed by atoms with Crippen LogP contribution in [0.4, 0.5) is 30.9 Å². The van der Waals surface area contributed by atoms with Crippen molar-refractivity contribution in [2.24, 2.45) is 0 Å². The fourth-order valence-corrected chi connectivity index (χ4v) is 5.45. The quantitative estimate of drug-likeness (QED) is 0.106. The number of thioether (sulfide) groups is 1. The van der Waals surface area contributed by atoms with Gasteiger partial charge in [0.1, 0.15) is 12.2 Å². The van der Waals surface area contributed by atoms with Gasteiger partial charge in [-0.1, -0.05) is 24.8 Å². The smallest absolute Gasteiger partial charge is 0.413 e. The minimum atomic E-state index is -1.54. The summed E-state index contributed by atoms with van der Waals surface area (Å²) in [5, 5.41) is 55.1. The molecule has 218 valence electrons. The number of aliphatic hydroxyl groups is 3. The highest BCUT2D eigenvalue weighted by molar-refractivity contribution is 7.99. The summed E-state index contributed by atoms with van der Waals surface area (Å²) in [6.07, 6.45) is -4.27. The van der Waals surface area contributed by atoms with Crippen LogP contribution >= 0.6 is 11.8 Å². The van der Waals surface area contributed by atoms with Crippen LogP contribution in [-0.4, -0.2) is 90.8 Å². The van der Waals surface area contributed by atoms with E-state index in [4.69, 9.17) is 9.84 Å². The first-order valence-electron chi connectivity index (χ1n) is 12.6. The first-order valence-corrected chi connectivity index (χ1v) is 13.6. The van der Waals surface area contributed by atoms with Gasteiger partial charge in [0.05, 0.1) is 30.3 Å². The first-order chi connectivity index (χ1) is 19.1. The minimum Gasteiger partial charge on any atom is -0.465 e. The Morgan fingerprint density at radius 1 is 1.25 bits per heavy atom. The van der Waals surface area contributed by atoms with Gasteiger partial charge in [0.15, 0.2) is 16.8 Å². The van der Waals surface area contributed by atoms with Crippen LogP contribution in [0.3, 0.4) is 0 Å². The summed E-state index contributed by atoms with van der Waals surface area (Å²) in [6, 6.07) is 1.42. The maximum absolute atomic E-state index is 13.8. The molecule has 4 rings (SSSR count). The molecule has 0 spiro atoms. The highest BCUT2D eigenvalue weighted by Crippen LogP contribution is 2.49. The molecular formula is C24H29F2N5O8S. The second-order valence-electron chi connectivity index (χ2n) is 9.47. The summed E-state index contributed by atoms with van der Waals surface area (Å²) in [4.78, 5) is 33.1. The molecule has 2 aliphatic rings. The molecule has 1 aromatic heterocycles. The van der Waals surface area contributed by atoms with Crippen LogP contribution in [0.2, 0.25) is 0 Å². The fourth-order valence-electron chi connectivity index (χ4n) is 4.75. The molecule has 6 atom stereocenters. The third-order valence-corrected chi connectivity index (χ3v) is 7.79. The minimum absolute atomic E-state index is 0.0136. The molecule has 5 N–H and O–H groups in total. The normalized spacial score (nSPS) is 25.6. The summed E-state index contributed by atoms with van der Waals surface area (Å²) in [5.41, 5.74) is -0.427. The largest absolute Gasteiger partial charge is 0.465 e. The molecule has 0 bridgehead atoms. The van der Waals surface area contributed by atoms with E-state index in [1.807, 2.05) is 6.92 Å². The summed E-state index contributed by atoms with van der Waals surface area (Å²) in [7, 11) is 0. The predicted octanol–water partition coefficient (Wildman–Crippen LogP) is 2.49. The maximum Gasteiger partial charge on any atom is 0.413 e. The van der Waals surface area contributed by atoms with E-state index >= 15 is 0 Å². The second-order valence-corrected chi connectivity index (χ2v) is 10.5. The Bertz CT molecular complexity index is 1260. The number of ether oxygens (including phenoxy) is 1. The number of nitrogens with zero attached hydrogens (tertiary/aromatic N) is 4. The number of halogens is 2. The number of rotatable bonds is 12. The van der Waals surface area contributed by atoms with E-state index in [1.54, 1.807) is 0 Å². The van der Waals surface area contributed by atoms with Gasteiger partial charge in [-0.15, -0.1) is 0 Å². The zero-order valence-electron chi connectivity index (χ0n) is 21.3. The number of hydrogen-bond donors (Lipinski definition) is 5. The molecule has 2 aliphatic carbocycles. The lowest BCUT2D eigenvalue weighted by atomic mass is 10.1. The van der Waals surface area contributed by atoms with Crippen molar-refractivity contribution in [3.63, 3.8) is 0 Å². The van der Waals surface area contributed by atoms with Gasteiger partial charge in [-0.25, -0.2) is 13.6 Å². The molecule has 2 fully saturated rings. The summed E-state index contributed by atoms with van der Waals surface area (Å²) >= 11 is 1.14. The van der Waals surface area contributed by atoms with E-state index in [2.05, 4.69) is 15.3 Å². The van der Waals surface area contributed by atoms with Crippen molar-refractivity contribution in [2.45, 2.75) is 67.7 Å². The summed E-state index contributed by atoms with van der Waals surface area (Å²) < 4.78 is 32.6. The molecule has 13 nitrogen and oxygen atoms in total. The van der Waals surface area contributed by atoms with Gasteiger partial charge in [-0.3, -0.25) is 15.0 Å². The molecule has 2 aromatic rings. The van der Waals surface area contributed by atoms with Gasteiger partial charge < -0.3 is 30.5 Å². The lowest BCUT2D eigenvalue weighted by Gasteiger charge is -2.22. The SMILES string of the molecule is CCCSc1nc(N[C@@H]2C[C@H](OCCO)[C@@H](O)[C@H]2O)c([N+](=O)[O-])c(N(C(=O)O)[C@@H]2C[C@H]2c2ccc(F)c(F)c2)n1. The molecule has 1 aromatic carbocycles. The van der Waals surface area contributed by atoms with Crippen LogP contribution in [-0.2, 0) is 4.74 Å². The van der Waals surface area contributed by atoms with Crippen molar-refractivity contribution in [3.05, 3.63) is 45.5 Å². The Morgan fingerprint density at radius 3 is 2.62 bits per heavy atom. The second kappa shape index (κ2) is 12.6. The van der Waals surface area contributed by atoms with Crippen molar-refractivity contribution in [2.75, 3.05) is 29.2 Å². The Hall–Kier alpha value is -3.18. The Kier molecular flexibility index (Phi) is 9.35. The van der Waals surface area contributed by atoms with Gasteiger partial charge >= 0.3 is 11.8 Å². The van der Waals surface area contributed by atoms with Crippen LogP contribution < -0.4 is 10.2 Å². The molecular weight excluding hydrogens is 556 g/mol. The van der Waals surface area contributed by atoms with Gasteiger partial charge in [-0.2, -0.15) is 9.97 Å². The van der Waals surface area contributed by atoms with Crippen LogP contribution in [0.5, 0.6) is 0 Å². The zero-order valence-corrected chi connectivity index (χ0v) is 22.1. The van der Waals surface area contributed by atoms with Gasteiger partial charge in [-0.05, 0) is 37.0 Å². The van der Waals surface area contributed by atoms with E-state index < -0.39 is 70.5 Å². The van der Waals surface area contributed by atoms with Gasteiger partial charge in [0, 0.05) is 17.7 Å². The number of nitrogens with one attached hydrogen (secondary N) is 1. The molecule has 0 aliphatic heterocycles. The van der Waals surface area contributed by atoms with Crippen molar-refractivity contribution >= 4 is 35.2 Å². The Morgan fingerprint density at radius 2 is 2.00 bits per heavy atom. The van der Waals surface area contributed by atoms with E-state index in [1.165, 1.54) is 6.07 Å². The molecule has 0 radical (unpaired) electrons. The van der Waals surface area contributed by atoms with E-state index in [0.29, 0.717) is 17.7 Å². The average Bonchev–Trinajstić information content (AvgIpc) is 3.64. The third-order valence-electron chi connectivity index (χ3n) is 6.73. The zero-order chi connectivity index (χ0) is 29.1. The number of hydrogen-bond acceptors (Lipinski definition) is 11. The number of carboxylic acid groups (broad SMARTS) is 1. The van der Waals surface area contributed by atoms with E-state index in [9.17, 15) is 39.0 Å². The maximum atomic E-state index is 13.8. The number of carbonyl (C=O) groups is 1. The van der Waals surface area contributed by atoms with Crippen LogP contribution in [0, 0.1) is 21.7 Å². The molecule has 16 heteroatoms. The third kappa shape index (κ3) is 6.25. The lowest BCUT2D eigenvalue weighted by molar-refractivity contribution is -0.383. The number of nitro groups is 1. The topological polar surface area (TPSA) is 191 Å². The van der Waals surface area contributed by atoms with Crippen molar-refractivity contribution in [1.29, 1.82) is 0 Å². The number of aliphatic hydroxyl groups excluding tert-OH is 3. The van der Waals surface area contributed by atoms with Gasteiger partial charge in [0.25, 0.3) is 0 Å². The number of aromatic nitrogens is 2. The fraction of sp³-hybridized carbons (Fsp3) is 0.542. The van der Waals surface area contributed by atoms with E-state index in [0.717, 1.165) is 28.8 Å². The monoisotopic (exact) mass is 585 g/mol. The molecule has 0 unspecified atom stereocenters. The van der Waals surface area contributed by atoms with Crippen molar-refractivity contribution < 1.29 is 43.7 Å². The Balaban J connectivity index is 1.72. The van der Waals surface area contributed by atoms with Crippen LogP contribution in [0.25, 0.3) is 0 Å². The molecule has 40 heavy (non-hydrogen) atoms. The summed E-state index contributed by atoms with van der Waals surface area (Å²) in [5.74, 6) is -3.05. The molecule has 1 heterocycles. The first kappa shape index (κ1) is 29.8. The Labute approximate surface area is 231 Å². The number of amides is 1. The van der Waals surface area contributed by atoms with Crippen LogP contribution in [0.1, 0.15) is 37.7 Å². The lowest BCUT2D eigenvalue weighted by Crippen LogP contribution is -2.37. The predicted molar refractivity (Wildman–Crippen MR) is 139 cm³/mol. The van der Waals surface area contributed by atoms with Gasteiger partial charge in [0.2, 0.25) is 11.6 Å². The molecule has 2 saturated carbocycles. The number of benzene rings is 1. The number of anilines is 2. The van der Waals surface area contributed by atoms with Crippen LogP contribution in [0.15, 0.2) is 23.4 Å². The highest BCUT2D eigenvalue weighted by atomic mass is 32.2. The van der Waals surface area contributed by atoms with E-state index in [-0.39, 0.29) is 37.0 Å². The molecule has 0 saturated heterocycles. The van der Waals surface area contributed by atoms with Crippen molar-refractivity contribution in [1.82, 2.24) is 9.97 Å². The highest BCUT2D eigenvalue weighted by Gasteiger charge is 2.50. The average molecular weight is 586 g/mol.